The zero-order chi connectivity index (χ0) is 17.9. The lowest BCUT2D eigenvalue weighted by Gasteiger charge is -2.34. The highest BCUT2D eigenvalue weighted by molar-refractivity contribution is 7.00. The minimum absolute atomic E-state index is 0.0841. The van der Waals surface area contributed by atoms with Crippen LogP contribution in [0.2, 0.25) is 0 Å². The van der Waals surface area contributed by atoms with Gasteiger partial charge < -0.3 is 10.2 Å². The van der Waals surface area contributed by atoms with E-state index < -0.39 is 0 Å². The van der Waals surface area contributed by atoms with Crippen molar-refractivity contribution in [3.63, 3.8) is 0 Å². The van der Waals surface area contributed by atoms with E-state index in [1.807, 2.05) is 35.4 Å². The third-order valence-corrected chi connectivity index (χ3v) is 5.22. The second-order valence-corrected chi connectivity index (χ2v) is 6.93. The zero-order valence-corrected chi connectivity index (χ0v) is 15.4. The van der Waals surface area contributed by atoms with Gasteiger partial charge in [0.25, 0.3) is 0 Å². The molecule has 1 N–H and O–H groups in total. The summed E-state index contributed by atoms with van der Waals surface area (Å²) < 4.78 is 8.48. The van der Waals surface area contributed by atoms with Crippen LogP contribution in [0.5, 0.6) is 0 Å². The number of aryl methyl sites for hydroxylation is 1. The number of aromatic nitrogens is 3. The SMILES string of the molecule is Cc1cccnc1CN1CCN(C(=O)Nc2cccc3nsnc23)CC1. The number of piperazine rings is 1. The number of fused-ring (bicyclic) bond motifs is 1. The summed E-state index contributed by atoms with van der Waals surface area (Å²) >= 11 is 1.15. The van der Waals surface area contributed by atoms with Crippen molar-refractivity contribution < 1.29 is 4.79 Å². The van der Waals surface area contributed by atoms with Crippen molar-refractivity contribution in [2.45, 2.75) is 13.5 Å². The molecule has 0 saturated carbocycles. The molecule has 4 rings (SSSR count). The van der Waals surface area contributed by atoms with E-state index in [2.05, 4.69) is 36.9 Å². The summed E-state index contributed by atoms with van der Waals surface area (Å²) in [5.74, 6) is 0. The maximum absolute atomic E-state index is 12.6. The van der Waals surface area contributed by atoms with Gasteiger partial charge in [-0.2, -0.15) is 8.75 Å². The van der Waals surface area contributed by atoms with Crippen LogP contribution in [-0.4, -0.2) is 55.7 Å². The Kier molecular flexibility index (Phi) is 4.77. The average Bonchev–Trinajstić information content (AvgIpc) is 3.14. The molecule has 1 aliphatic rings. The van der Waals surface area contributed by atoms with Crippen LogP contribution in [-0.2, 0) is 6.54 Å². The summed E-state index contributed by atoms with van der Waals surface area (Å²) in [6.45, 7) is 5.98. The van der Waals surface area contributed by atoms with Crippen LogP contribution in [0.15, 0.2) is 36.5 Å². The van der Waals surface area contributed by atoms with Crippen LogP contribution >= 0.6 is 11.7 Å². The molecule has 8 heteroatoms. The molecule has 0 atom stereocenters. The molecule has 1 fully saturated rings. The molecule has 3 aromatic rings. The molecule has 7 nitrogen and oxygen atoms in total. The second-order valence-electron chi connectivity index (χ2n) is 6.40. The number of hydrogen-bond donors (Lipinski definition) is 1. The molecular formula is C18H20N6OS. The Bertz CT molecular complexity index is 919. The average molecular weight is 368 g/mol. The number of rotatable bonds is 3. The lowest BCUT2D eigenvalue weighted by Crippen LogP contribution is -2.49. The van der Waals surface area contributed by atoms with Crippen LogP contribution in [0.3, 0.4) is 0 Å². The maximum atomic E-state index is 12.6. The van der Waals surface area contributed by atoms with Crippen molar-refractivity contribution in [2.75, 3.05) is 31.5 Å². The van der Waals surface area contributed by atoms with E-state index in [1.165, 1.54) is 5.56 Å². The highest BCUT2D eigenvalue weighted by Gasteiger charge is 2.22. The Labute approximate surface area is 156 Å². The van der Waals surface area contributed by atoms with E-state index in [0.717, 1.165) is 48.1 Å². The van der Waals surface area contributed by atoms with Gasteiger partial charge in [0.2, 0.25) is 0 Å². The first-order valence-corrected chi connectivity index (χ1v) is 9.34. The van der Waals surface area contributed by atoms with Crippen molar-refractivity contribution in [1.29, 1.82) is 0 Å². The van der Waals surface area contributed by atoms with Crippen molar-refractivity contribution in [1.82, 2.24) is 23.5 Å². The number of benzene rings is 1. The Hall–Kier alpha value is -2.58. The third kappa shape index (κ3) is 3.51. The second kappa shape index (κ2) is 7.35. The minimum atomic E-state index is -0.0841. The maximum Gasteiger partial charge on any atom is 0.321 e. The van der Waals surface area contributed by atoms with E-state index in [-0.39, 0.29) is 6.03 Å². The Morgan fingerprint density at radius 1 is 1.15 bits per heavy atom. The number of nitrogens with zero attached hydrogens (tertiary/aromatic N) is 5. The van der Waals surface area contributed by atoms with Gasteiger partial charge in [-0.25, -0.2) is 4.79 Å². The van der Waals surface area contributed by atoms with Crippen LogP contribution in [0, 0.1) is 6.92 Å². The number of nitrogens with one attached hydrogen (secondary N) is 1. The van der Waals surface area contributed by atoms with Gasteiger partial charge in [0, 0.05) is 38.9 Å². The van der Waals surface area contributed by atoms with E-state index in [1.54, 1.807) is 0 Å². The molecule has 0 bridgehead atoms. The zero-order valence-electron chi connectivity index (χ0n) is 14.6. The first kappa shape index (κ1) is 16.9. The van der Waals surface area contributed by atoms with Crippen LogP contribution in [0.25, 0.3) is 11.0 Å². The van der Waals surface area contributed by atoms with E-state index in [9.17, 15) is 4.79 Å². The Morgan fingerprint density at radius 3 is 2.81 bits per heavy atom. The quantitative estimate of drug-likeness (QED) is 0.769. The molecule has 1 aromatic carbocycles. The monoisotopic (exact) mass is 368 g/mol. The number of urea groups is 1. The lowest BCUT2D eigenvalue weighted by molar-refractivity contribution is 0.142. The summed E-state index contributed by atoms with van der Waals surface area (Å²) in [5.41, 5.74) is 4.58. The van der Waals surface area contributed by atoms with Gasteiger partial charge in [-0.3, -0.25) is 9.88 Å². The smallest absolute Gasteiger partial charge is 0.321 e. The van der Waals surface area contributed by atoms with Gasteiger partial charge in [-0.1, -0.05) is 12.1 Å². The fourth-order valence-electron chi connectivity index (χ4n) is 3.11. The molecule has 3 heterocycles. The van der Waals surface area contributed by atoms with Crippen molar-refractivity contribution in [3.05, 3.63) is 47.8 Å². The first-order chi connectivity index (χ1) is 12.7. The van der Waals surface area contributed by atoms with E-state index in [4.69, 9.17) is 0 Å². The number of amides is 2. The molecular weight excluding hydrogens is 348 g/mol. The standard InChI is InChI=1S/C18H20N6OS/c1-13-4-3-7-19-16(13)12-23-8-10-24(11-9-23)18(25)20-14-5-2-6-15-17(14)22-26-21-15/h2-7H,8-12H2,1H3,(H,20,25). The summed E-state index contributed by atoms with van der Waals surface area (Å²) in [6.07, 6.45) is 1.83. The predicted octanol–water partition coefficient (Wildman–Crippen LogP) is 2.74. The highest BCUT2D eigenvalue weighted by Crippen LogP contribution is 2.21. The van der Waals surface area contributed by atoms with Gasteiger partial charge in [-0.15, -0.1) is 0 Å². The van der Waals surface area contributed by atoms with Crippen molar-refractivity contribution in [2.24, 2.45) is 0 Å². The molecule has 1 saturated heterocycles. The summed E-state index contributed by atoms with van der Waals surface area (Å²) in [4.78, 5) is 21.2. The lowest BCUT2D eigenvalue weighted by atomic mass is 10.2. The summed E-state index contributed by atoms with van der Waals surface area (Å²) in [5, 5.41) is 2.97. The Morgan fingerprint density at radius 2 is 2.00 bits per heavy atom. The molecule has 26 heavy (non-hydrogen) atoms. The van der Waals surface area contributed by atoms with Gasteiger partial charge in [-0.05, 0) is 30.7 Å². The van der Waals surface area contributed by atoms with E-state index >= 15 is 0 Å². The Balaban J connectivity index is 1.35. The largest absolute Gasteiger partial charge is 0.322 e. The first-order valence-electron chi connectivity index (χ1n) is 8.61. The number of hydrogen-bond acceptors (Lipinski definition) is 6. The molecule has 1 aliphatic heterocycles. The highest BCUT2D eigenvalue weighted by atomic mass is 32.1. The topological polar surface area (TPSA) is 74.2 Å². The molecule has 0 aliphatic carbocycles. The normalized spacial score (nSPS) is 15.3. The molecule has 0 unspecified atom stereocenters. The van der Waals surface area contributed by atoms with Gasteiger partial charge >= 0.3 is 6.03 Å². The fraction of sp³-hybridized carbons (Fsp3) is 0.333. The van der Waals surface area contributed by atoms with Gasteiger partial charge in [0.1, 0.15) is 11.0 Å². The fourth-order valence-corrected chi connectivity index (χ4v) is 3.66. The van der Waals surface area contributed by atoms with Crippen LogP contribution in [0.1, 0.15) is 11.3 Å². The molecule has 2 aromatic heterocycles. The third-order valence-electron chi connectivity index (χ3n) is 4.68. The van der Waals surface area contributed by atoms with Gasteiger partial charge in [0.15, 0.2) is 0 Å². The summed E-state index contributed by atoms with van der Waals surface area (Å²) in [7, 11) is 0. The van der Waals surface area contributed by atoms with Crippen LogP contribution < -0.4 is 5.32 Å². The number of carbonyl (C=O) groups is 1. The minimum Gasteiger partial charge on any atom is -0.322 e. The van der Waals surface area contributed by atoms with Crippen LogP contribution in [0.4, 0.5) is 10.5 Å². The molecule has 2 amide bonds. The molecule has 134 valence electrons. The summed E-state index contributed by atoms with van der Waals surface area (Å²) in [6, 6.07) is 9.60. The predicted molar refractivity (Wildman–Crippen MR) is 102 cm³/mol. The number of carbonyl (C=O) groups excluding carboxylic acids is 1. The van der Waals surface area contributed by atoms with Crippen molar-refractivity contribution in [3.8, 4) is 0 Å². The molecule has 0 spiro atoms. The van der Waals surface area contributed by atoms with E-state index in [0.29, 0.717) is 18.8 Å². The number of anilines is 1. The van der Waals surface area contributed by atoms with Gasteiger partial charge in [0.05, 0.1) is 23.1 Å². The van der Waals surface area contributed by atoms with Crippen molar-refractivity contribution >= 4 is 34.5 Å². The number of pyridine rings is 1. The molecule has 0 radical (unpaired) electrons.